The minimum absolute atomic E-state index is 0.382. The van der Waals surface area contributed by atoms with E-state index in [9.17, 15) is 0 Å². The van der Waals surface area contributed by atoms with Crippen LogP contribution in [0.15, 0.2) is 61.4 Å². The van der Waals surface area contributed by atoms with Crippen molar-refractivity contribution in [1.82, 2.24) is 30.5 Å². The van der Waals surface area contributed by atoms with Gasteiger partial charge in [0.05, 0.1) is 6.20 Å². The van der Waals surface area contributed by atoms with E-state index < -0.39 is 0 Å². The Morgan fingerprint density at radius 3 is 2.79 bits per heavy atom. The van der Waals surface area contributed by atoms with Crippen LogP contribution in [0.25, 0.3) is 44.1 Å². The van der Waals surface area contributed by atoms with Crippen molar-refractivity contribution in [3.8, 4) is 22.3 Å². The molecule has 0 saturated carbocycles. The molecule has 5 aromatic rings. The van der Waals surface area contributed by atoms with E-state index in [-0.39, 0.29) is 0 Å². The van der Waals surface area contributed by atoms with Gasteiger partial charge in [0.2, 0.25) is 0 Å². The molecule has 0 aliphatic carbocycles. The van der Waals surface area contributed by atoms with Crippen LogP contribution in [0.5, 0.6) is 0 Å². The molecule has 142 valence electrons. The summed E-state index contributed by atoms with van der Waals surface area (Å²) < 4.78 is 0. The third-order valence-electron chi connectivity index (χ3n) is 5.90. The fourth-order valence-corrected chi connectivity index (χ4v) is 4.43. The number of aromatic nitrogens is 5. The second kappa shape index (κ2) is 6.53. The Bertz CT molecular complexity index is 1310. The van der Waals surface area contributed by atoms with Crippen LogP contribution in [0.2, 0.25) is 0 Å². The standard InChI is InChI=1S/C23H20N6/c1-2-22(25-4-1)18-7-15(6-14-3-5-24-12-20(14)18)16-8-19-21(17-10-28-29-11-17)13-27-23(19)26-9-16/h3,5-13,22,25H,1-2,4H2,(H,26,27)(H,28,29). The van der Waals surface area contributed by atoms with Gasteiger partial charge in [0.1, 0.15) is 5.65 Å². The van der Waals surface area contributed by atoms with Gasteiger partial charge in [-0.2, -0.15) is 5.10 Å². The monoisotopic (exact) mass is 380 g/mol. The molecule has 6 rings (SSSR count). The average Bonchev–Trinajstić information content (AvgIpc) is 3.54. The lowest BCUT2D eigenvalue weighted by Crippen LogP contribution is -2.13. The topological polar surface area (TPSA) is 82.3 Å². The molecule has 0 spiro atoms. The van der Waals surface area contributed by atoms with Gasteiger partial charge in [-0.3, -0.25) is 10.1 Å². The van der Waals surface area contributed by atoms with Crippen molar-refractivity contribution in [2.45, 2.75) is 18.9 Å². The van der Waals surface area contributed by atoms with Crippen molar-refractivity contribution in [2.24, 2.45) is 0 Å². The number of fused-ring (bicyclic) bond motifs is 2. The predicted octanol–water partition coefficient (Wildman–Crippen LogP) is 4.59. The molecule has 3 N–H and O–H groups in total. The zero-order valence-electron chi connectivity index (χ0n) is 15.8. The average molecular weight is 380 g/mol. The fraction of sp³-hybridized carbons (Fsp3) is 0.174. The number of nitrogens with zero attached hydrogens (tertiary/aromatic N) is 3. The van der Waals surface area contributed by atoms with Crippen LogP contribution < -0.4 is 5.32 Å². The first kappa shape index (κ1) is 16.4. The van der Waals surface area contributed by atoms with Crippen LogP contribution in [0.1, 0.15) is 24.4 Å². The minimum Gasteiger partial charge on any atom is -0.346 e. The lowest BCUT2D eigenvalue weighted by molar-refractivity contribution is 0.653. The van der Waals surface area contributed by atoms with E-state index in [0.717, 1.165) is 40.7 Å². The maximum atomic E-state index is 4.68. The zero-order chi connectivity index (χ0) is 19.2. The van der Waals surface area contributed by atoms with Gasteiger partial charge in [-0.15, -0.1) is 0 Å². The summed E-state index contributed by atoms with van der Waals surface area (Å²) in [7, 11) is 0. The minimum atomic E-state index is 0.382. The first-order valence-corrected chi connectivity index (χ1v) is 9.94. The van der Waals surface area contributed by atoms with Crippen molar-refractivity contribution in [3.05, 3.63) is 67.0 Å². The third kappa shape index (κ3) is 2.72. The van der Waals surface area contributed by atoms with Gasteiger partial charge in [0.15, 0.2) is 0 Å². The molecule has 0 bridgehead atoms. The molecule has 0 radical (unpaired) electrons. The highest BCUT2D eigenvalue weighted by molar-refractivity contribution is 5.97. The second-order valence-corrected chi connectivity index (χ2v) is 7.62. The predicted molar refractivity (Wildman–Crippen MR) is 114 cm³/mol. The van der Waals surface area contributed by atoms with Crippen molar-refractivity contribution >= 4 is 21.8 Å². The highest BCUT2D eigenvalue weighted by atomic mass is 15.1. The molecule has 1 fully saturated rings. The summed E-state index contributed by atoms with van der Waals surface area (Å²) in [5.41, 5.74) is 6.65. The SMILES string of the molecule is c1cc2cc(-c3cnc4[nH]cc(-c5cn[nH]c5)c4c3)cc(C3CCCN3)c2cn1. The van der Waals surface area contributed by atoms with Crippen LogP contribution in [0.4, 0.5) is 0 Å². The number of benzene rings is 1. The molecule has 1 aromatic carbocycles. The van der Waals surface area contributed by atoms with Crippen LogP contribution in [-0.4, -0.2) is 31.7 Å². The third-order valence-corrected chi connectivity index (χ3v) is 5.90. The number of pyridine rings is 2. The second-order valence-electron chi connectivity index (χ2n) is 7.62. The molecule has 6 nitrogen and oxygen atoms in total. The Balaban J connectivity index is 1.54. The summed E-state index contributed by atoms with van der Waals surface area (Å²) >= 11 is 0. The van der Waals surface area contributed by atoms with Gasteiger partial charge < -0.3 is 10.3 Å². The summed E-state index contributed by atoms with van der Waals surface area (Å²) in [4.78, 5) is 12.3. The smallest absolute Gasteiger partial charge is 0.137 e. The molecule has 6 heteroatoms. The van der Waals surface area contributed by atoms with Gasteiger partial charge in [-0.1, -0.05) is 0 Å². The zero-order valence-corrected chi connectivity index (χ0v) is 15.8. The molecule has 29 heavy (non-hydrogen) atoms. The molecule has 1 saturated heterocycles. The molecular weight excluding hydrogens is 360 g/mol. The van der Waals surface area contributed by atoms with Gasteiger partial charge in [0, 0.05) is 64.5 Å². The molecule has 1 unspecified atom stereocenters. The van der Waals surface area contributed by atoms with Crippen LogP contribution in [0.3, 0.4) is 0 Å². The van der Waals surface area contributed by atoms with E-state index in [1.807, 2.05) is 37.2 Å². The maximum Gasteiger partial charge on any atom is 0.137 e. The van der Waals surface area contributed by atoms with E-state index in [1.54, 1.807) is 0 Å². The number of aromatic amines is 2. The van der Waals surface area contributed by atoms with Crippen molar-refractivity contribution < 1.29 is 0 Å². The quantitative estimate of drug-likeness (QED) is 0.427. The van der Waals surface area contributed by atoms with E-state index >= 15 is 0 Å². The van der Waals surface area contributed by atoms with Gasteiger partial charge in [-0.25, -0.2) is 4.98 Å². The summed E-state index contributed by atoms with van der Waals surface area (Å²) in [6, 6.07) is 9.24. The largest absolute Gasteiger partial charge is 0.346 e. The highest BCUT2D eigenvalue weighted by Gasteiger charge is 2.20. The first-order chi connectivity index (χ1) is 14.4. The number of nitrogens with one attached hydrogen (secondary N) is 3. The van der Waals surface area contributed by atoms with Crippen LogP contribution in [0, 0.1) is 0 Å². The lowest BCUT2D eigenvalue weighted by Gasteiger charge is -2.16. The highest BCUT2D eigenvalue weighted by Crippen LogP contribution is 2.35. The molecule has 5 heterocycles. The Hall–Kier alpha value is -3.51. The van der Waals surface area contributed by atoms with Gasteiger partial charge in [-0.05, 0) is 60.2 Å². The normalized spacial score (nSPS) is 16.8. The van der Waals surface area contributed by atoms with Gasteiger partial charge in [0.25, 0.3) is 0 Å². The summed E-state index contributed by atoms with van der Waals surface area (Å²) in [5, 5.41) is 14.1. The van der Waals surface area contributed by atoms with Crippen molar-refractivity contribution in [2.75, 3.05) is 6.54 Å². The van der Waals surface area contributed by atoms with Crippen LogP contribution in [-0.2, 0) is 0 Å². The molecule has 4 aromatic heterocycles. The van der Waals surface area contributed by atoms with E-state index in [2.05, 4.69) is 54.7 Å². The Kier molecular flexibility index (Phi) is 3.70. The van der Waals surface area contributed by atoms with Gasteiger partial charge >= 0.3 is 0 Å². The Labute approximate surface area is 167 Å². The van der Waals surface area contributed by atoms with E-state index in [1.165, 1.54) is 28.3 Å². The van der Waals surface area contributed by atoms with Crippen LogP contribution >= 0.6 is 0 Å². The lowest BCUT2D eigenvalue weighted by atomic mass is 9.93. The van der Waals surface area contributed by atoms with E-state index in [4.69, 9.17) is 0 Å². The maximum absolute atomic E-state index is 4.68. The molecule has 1 aliphatic heterocycles. The first-order valence-electron chi connectivity index (χ1n) is 9.94. The number of hydrogen-bond donors (Lipinski definition) is 3. The Morgan fingerprint density at radius 1 is 0.931 bits per heavy atom. The molecular formula is C23H20N6. The molecule has 1 atom stereocenters. The summed E-state index contributed by atoms with van der Waals surface area (Å²) in [6.07, 6.45) is 13.9. The number of rotatable bonds is 3. The number of hydrogen-bond acceptors (Lipinski definition) is 4. The number of H-pyrrole nitrogens is 2. The molecule has 0 amide bonds. The van der Waals surface area contributed by atoms with Crippen molar-refractivity contribution in [3.63, 3.8) is 0 Å². The Morgan fingerprint density at radius 2 is 1.93 bits per heavy atom. The van der Waals surface area contributed by atoms with Crippen molar-refractivity contribution in [1.29, 1.82) is 0 Å². The van der Waals surface area contributed by atoms with E-state index in [0.29, 0.717) is 6.04 Å². The fourth-order valence-electron chi connectivity index (χ4n) is 4.43. The summed E-state index contributed by atoms with van der Waals surface area (Å²) in [5.74, 6) is 0. The summed E-state index contributed by atoms with van der Waals surface area (Å²) in [6.45, 7) is 1.07. The molecule has 1 aliphatic rings.